The van der Waals surface area contributed by atoms with Gasteiger partial charge in [0.2, 0.25) is 23.3 Å². The lowest BCUT2D eigenvalue weighted by Gasteiger charge is -2.14. The van der Waals surface area contributed by atoms with Gasteiger partial charge in [-0.1, -0.05) is 60.7 Å². The third-order valence-electron chi connectivity index (χ3n) is 3.63. The molecule has 2 nitrogen and oxygen atoms in total. The second-order valence-electron chi connectivity index (χ2n) is 5.46. The molecule has 0 N–H and O–H groups in total. The van der Waals surface area contributed by atoms with Crippen LogP contribution in [0.1, 0.15) is 11.1 Å². The van der Waals surface area contributed by atoms with Crippen molar-refractivity contribution in [3.8, 4) is 11.5 Å². The van der Waals surface area contributed by atoms with Crippen LogP contribution in [0.3, 0.4) is 0 Å². The van der Waals surface area contributed by atoms with Crippen molar-refractivity contribution in [1.82, 2.24) is 0 Å². The molecule has 6 heteroatoms. The fourth-order valence-electron chi connectivity index (χ4n) is 2.30. The van der Waals surface area contributed by atoms with Gasteiger partial charge in [0.25, 0.3) is 0 Å². The second kappa shape index (κ2) is 7.91. The molecule has 0 bridgehead atoms. The van der Waals surface area contributed by atoms with Gasteiger partial charge >= 0.3 is 0 Å². The van der Waals surface area contributed by atoms with Crippen LogP contribution in [0, 0.1) is 23.3 Å². The van der Waals surface area contributed by atoms with Crippen molar-refractivity contribution >= 4 is 0 Å². The monoisotopic (exact) mass is 362 g/mol. The van der Waals surface area contributed by atoms with Gasteiger partial charge in [-0.15, -0.1) is 0 Å². The molecule has 0 aliphatic rings. The third kappa shape index (κ3) is 3.79. The van der Waals surface area contributed by atoms with Crippen LogP contribution in [0.2, 0.25) is 0 Å². The fraction of sp³-hybridized carbons (Fsp3) is 0.100. The van der Waals surface area contributed by atoms with Crippen LogP contribution in [0.15, 0.2) is 60.7 Å². The molecule has 0 amide bonds. The molecule has 3 aromatic rings. The lowest BCUT2D eigenvalue weighted by molar-refractivity contribution is 0.234. The number of benzene rings is 3. The van der Waals surface area contributed by atoms with Gasteiger partial charge in [-0.05, 0) is 11.1 Å². The summed E-state index contributed by atoms with van der Waals surface area (Å²) in [6.07, 6.45) is 0. The van der Waals surface area contributed by atoms with E-state index in [1.54, 1.807) is 60.7 Å². The van der Waals surface area contributed by atoms with E-state index in [-0.39, 0.29) is 13.2 Å². The summed E-state index contributed by atoms with van der Waals surface area (Å²) in [6, 6.07) is 16.9. The van der Waals surface area contributed by atoms with Gasteiger partial charge in [0.1, 0.15) is 13.2 Å². The summed E-state index contributed by atoms with van der Waals surface area (Å²) in [5, 5.41) is 0. The van der Waals surface area contributed by atoms with Gasteiger partial charge in [-0.3, -0.25) is 0 Å². The predicted octanol–water partition coefficient (Wildman–Crippen LogP) is 5.40. The molecule has 0 atom stereocenters. The Labute approximate surface area is 147 Å². The summed E-state index contributed by atoms with van der Waals surface area (Å²) >= 11 is 0. The van der Waals surface area contributed by atoms with E-state index in [9.17, 15) is 17.6 Å². The average Bonchev–Trinajstić information content (AvgIpc) is 2.68. The SMILES string of the molecule is Fc1c(F)c(OCc2ccccc2)c(F)c(F)c1OCc1ccccc1. The highest BCUT2D eigenvalue weighted by molar-refractivity contribution is 5.38. The molecule has 0 saturated carbocycles. The van der Waals surface area contributed by atoms with Crippen molar-refractivity contribution < 1.29 is 27.0 Å². The van der Waals surface area contributed by atoms with Crippen molar-refractivity contribution in [2.45, 2.75) is 13.2 Å². The van der Waals surface area contributed by atoms with Crippen LogP contribution in [-0.2, 0) is 13.2 Å². The summed E-state index contributed by atoms with van der Waals surface area (Å²) in [5.74, 6) is -8.77. The highest BCUT2D eigenvalue weighted by Crippen LogP contribution is 2.35. The van der Waals surface area contributed by atoms with E-state index in [1.165, 1.54) is 0 Å². The normalized spacial score (nSPS) is 10.6. The molecule has 0 aliphatic heterocycles. The predicted molar refractivity (Wildman–Crippen MR) is 87.8 cm³/mol. The molecule has 26 heavy (non-hydrogen) atoms. The molecular weight excluding hydrogens is 348 g/mol. The van der Waals surface area contributed by atoms with E-state index < -0.39 is 34.8 Å². The van der Waals surface area contributed by atoms with E-state index in [2.05, 4.69) is 0 Å². The highest BCUT2D eigenvalue weighted by Gasteiger charge is 2.28. The zero-order chi connectivity index (χ0) is 18.5. The molecule has 0 unspecified atom stereocenters. The Morgan fingerprint density at radius 2 is 0.808 bits per heavy atom. The number of hydrogen-bond donors (Lipinski definition) is 0. The van der Waals surface area contributed by atoms with Crippen molar-refractivity contribution in [2.24, 2.45) is 0 Å². The van der Waals surface area contributed by atoms with Crippen LogP contribution >= 0.6 is 0 Å². The maximum atomic E-state index is 14.1. The summed E-state index contributed by atoms with van der Waals surface area (Å²) in [4.78, 5) is 0. The molecule has 3 rings (SSSR count). The van der Waals surface area contributed by atoms with E-state index in [1.807, 2.05) is 0 Å². The number of rotatable bonds is 6. The molecule has 0 spiro atoms. The van der Waals surface area contributed by atoms with Crippen LogP contribution in [0.25, 0.3) is 0 Å². The molecule has 0 heterocycles. The van der Waals surface area contributed by atoms with E-state index in [4.69, 9.17) is 9.47 Å². The highest BCUT2D eigenvalue weighted by atomic mass is 19.2. The Morgan fingerprint density at radius 3 is 1.12 bits per heavy atom. The zero-order valence-corrected chi connectivity index (χ0v) is 13.5. The molecule has 0 aromatic heterocycles. The van der Waals surface area contributed by atoms with Gasteiger partial charge in [0.05, 0.1) is 0 Å². The van der Waals surface area contributed by atoms with Crippen molar-refractivity contribution in [2.75, 3.05) is 0 Å². The van der Waals surface area contributed by atoms with Gasteiger partial charge in [0, 0.05) is 0 Å². The summed E-state index contributed by atoms with van der Waals surface area (Å²) in [6.45, 7) is -0.477. The first-order valence-electron chi connectivity index (χ1n) is 7.77. The minimum Gasteiger partial charge on any atom is -0.483 e. The molecule has 0 radical (unpaired) electrons. The maximum Gasteiger partial charge on any atom is 0.207 e. The molecule has 0 fully saturated rings. The smallest absolute Gasteiger partial charge is 0.207 e. The fourth-order valence-corrected chi connectivity index (χ4v) is 2.30. The summed E-state index contributed by atoms with van der Waals surface area (Å²) in [7, 11) is 0. The Morgan fingerprint density at radius 1 is 0.500 bits per heavy atom. The molecular formula is C20H14F4O2. The maximum absolute atomic E-state index is 14.1. The van der Waals surface area contributed by atoms with Gasteiger partial charge in [-0.2, -0.15) is 17.6 Å². The van der Waals surface area contributed by atoms with E-state index >= 15 is 0 Å². The van der Waals surface area contributed by atoms with Crippen molar-refractivity contribution in [3.05, 3.63) is 95.1 Å². The largest absolute Gasteiger partial charge is 0.483 e. The van der Waals surface area contributed by atoms with E-state index in [0.29, 0.717) is 11.1 Å². The number of halogens is 4. The molecule has 134 valence electrons. The molecule has 0 aliphatic carbocycles. The van der Waals surface area contributed by atoms with Gasteiger partial charge in [0.15, 0.2) is 11.5 Å². The average molecular weight is 362 g/mol. The van der Waals surface area contributed by atoms with E-state index in [0.717, 1.165) is 0 Å². The minimum atomic E-state index is -1.64. The van der Waals surface area contributed by atoms with Crippen molar-refractivity contribution in [3.63, 3.8) is 0 Å². The second-order valence-corrected chi connectivity index (χ2v) is 5.46. The Kier molecular flexibility index (Phi) is 5.41. The minimum absolute atomic E-state index is 0.238. The lowest BCUT2D eigenvalue weighted by atomic mass is 10.2. The summed E-state index contributed by atoms with van der Waals surface area (Å²) in [5.41, 5.74) is 1.19. The quantitative estimate of drug-likeness (QED) is 0.432. The Hall–Kier alpha value is -3.02. The van der Waals surface area contributed by atoms with Gasteiger partial charge < -0.3 is 9.47 Å². The Bertz CT molecular complexity index is 780. The third-order valence-corrected chi connectivity index (χ3v) is 3.63. The molecule has 3 aromatic carbocycles. The van der Waals surface area contributed by atoms with Crippen LogP contribution < -0.4 is 9.47 Å². The van der Waals surface area contributed by atoms with Crippen molar-refractivity contribution in [1.29, 1.82) is 0 Å². The summed E-state index contributed by atoms with van der Waals surface area (Å²) < 4.78 is 66.5. The van der Waals surface area contributed by atoms with Crippen LogP contribution in [0.4, 0.5) is 17.6 Å². The first-order chi connectivity index (χ1) is 12.6. The van der Waals surface area contributed by atoms with Gasteiger partial charge in [-0.25, -0.2) is 0 Å². The van der Waals surface area contributed by atoms with Crippen LogP contribution in [-0.4, -0.2) is 0 Å². The lowest BCUT2D eigenvalue weighted by Crippen LogP contribution is -2.08. The Balaban J connectivity index is 1.82. The first kappa shape index (κ1) is 17.8. The number of ether oxygens (including phenoxy) is 2. The van der Waals surface area contributed by atoms with Crippen LogP contribution in [0.5, 0.6) is 11.5 Å². The zero-order valence-electron chi connectivity index (χ0n) is 13.5. The number of hydrogen-bond acceptors (Lipinski definition) is 2. The standard InChI is InChI=1S/C20H14F4O2/c21-15-17(23)20(26-12-14-9-5-2-6-10-14)18(24)16(22)19(15)25-11-13-7-3-1-4-8-13/h1-10H,11-12H2. The molecule has 0 saturated heterocycles. The topological polar surface area (TPSA) is 18.5 Å². The first-order valence-corrected chi connectivity index (χ1v) is 7.77.